The topological polar surface area (TPSA) is 49.4 Å². The molecule has 48 valence electrons. The summed E-state index contributed by atoms with van der Waals surface area (Å²) in [5.41, 5.74) is 0. The Kier molecular flexibility index (Phi) is 3.19. The van der Waals surface area contributed by atoms with E-state index in [-0.39, 0.29) is 12.5 Å². The third-order valence-electron chi connectivity index (χ3n) is 0.856. The molecule has 3 heteroatoms. The summed E-state index contributed by atoms with van der Waals surface area (Å²) in [6.45, 7) is 1.68. The number of methoxy groups -OCH3 is 1. The van der Waals surface area contributed by atoms with E-state index in [9.17, 15) is 9.90 Å². The minimum Gasteiger partial charge on any atom is -0.550 e. The predicted octanol–water partition coefficient (Wildman–Crippen LogP) is -0.839. The van der Waals surface area contributed by atoms with E-state index in [0.717, 1.165) is 0 Å². The van der Waals surface area contributed by atoms with E-state index in [0.29, 0.717) is 0 Å². The maximum absolute atomic E-state index is 9.78. The van der Waals surface area contributed by atoms with Crippen molar-refractivity contribution in [1.29, 1.82) is 0 Å². The lowest BCUT2D eigenvalue weighted by atomic mass is 10.3. The molecule has 0 aromatic rings. The molecule has 0 saturated heterocycles. The Morgan fingerprint density at radius 3 is 2.50 bits per heavy atom. The largest absolute Gasteiger partial charge is 0.550 e. The molecule has 0 amide bonds. The molecule has 0 N–H and O–H groups in total. The number of carboxylic acids is 1. The van der Waals surface area contributed by atoms with Crippen molar-refractivity contribution in [2.75, 3.05) is 7.11 Å². The first-order chi connectivity index (χ1) is 3.66. The van der Waals surface area contributed by atoms with E-state index < -0.39 is 5.97 Å². The van der Waals surface area contributed by atoms with Gasteiger partial charge in [-0.1, -0.05) is 0 Å². The van der Waals surface area contributed by atoms with E-state index in [1.165, 1.54) is 7.11 Å². The summed E-state index contributed by atoms with van der Waals surface area (Å²) in [5.74, 6) is -1.07. The van der Waals surface area contributed by atoms with Crippen LogP contribution in [0, 0.1) is 0 Å². The Bertz CT molecular complexity index is 79.7. The van der Waals surface area contributed by atoms with Gasteiger partial charge >= 0.3 is 0 Å². The fourth-order valence-corrected chi connectivity index (χ4v) is 0.318. The van der Waals surface area contributed by atoms with Crippen molar-refractivity contribution in [3.63, 3.8) is 0 Å². The summed E-state index contributed by atoms with van der Waals surface area (Å²) in [6.07, 6.45) is -0.267. The molecule has 0 aliphatic heterocycles. The maximum atomic E-state index is 9.78. The lowest BCUT2D eigenvalue weighted by molar-refractivity contribution is -0.307. The molecular formula is C5H9O3-. The number of hydrogen-bond donors (Lipinski definition) is 0. The number of carbonyl (C=O) groups is 1. The molecule has 0 aromatic carbocycles. The van der Waals surface area contributed by atoms with Crippen LogP contribution in [0.3, 0.4) is 0 Å². The van der Waals surface area contributed by atoms with Gasteiger partial charge in [-0.25, -0.2) is 0 Å². The number of rotatable bonds is 3. The van der Waals surface area contributed by atoms with Crippen LogP contribution in [0.5, 0.6) is 0 Å². The van der Waals surface area contributed by atoms with Crippen LogP contribution < -0.4 is 5.11 Å². The SMILES string of the molecule is COC(C)CC(=O)[O-]. The maximum Gasteiger partial charge on any atom is 0.0595 e. The number of carboxylic acid groups (broad SMARTS) is 1. The third kappa shape index (κ3) is 3.61. The van der Waals surface area contributed by atoms with Crippen LogP contribution in [0.1, 0.15) is 13.3 Å². The summed E-state index contributed by atoms with van der Waals surface area (Å²) < 4.78 is 4.64. The van der Waals surface area contributed by atoms with E-state index >= 15 is 0 Å². The van der Waals surface area contributed by atoms with Gasteiger partial charge in [0.15, 0.2) is 0 Å². The molecular weight excluding hydrogens is 108 g/mol. The normalized spacial score (nSPS) is 13.2. The molecule has 0 saturated carbocycles. The fourth-order valence-electron chi connectivity index (χ4n) is 0.318. The molecule has 0 spiro atoms. The summed E-state index contributed by atoms with van der Waals surface area (Å²) in [5, 5.41) is 9.78. The molecule has 0 bridgehead atoms. The Morgan fingerprint density at radius 1 is 1.88 bits per heavy atom. The third-order valence-corrected chi connectivity index (χ3v) is 0.856. The van der Waals surface area contributed by atoms with Gasteiger partial charge in [0.2, 0.25) is 0 Å². The average molecular weight is 117 g/mol. The van der Waals surface area contributed by atoms with E-state index in [1.54, 1.807) is 6.92 Å². The van der Waals surface area contributed by atoms with Crippen molar-refractivity contribution < 1.29 is 14.6 Å². The van der Waals surface area contributed by atoms with Crippen molar-refractivity contribution >= 4 is 5.97 Å². The molecule has 0 fully saturated rings. The first-order valence-electron chi connectivity index (χ1n) is 2.39. The van der Waals surface area contributed by atoms with Crippen molar-refractivity contribution in [2.45, 2.75) is 19.4 Å². The summed E-state index contributed by atoms with van der Waals surface area (Å²) in [7, 11) is 1.47. The second-order valence-corrected chi connectivity index (χ2v) is 1.62. The minimum absolute atomic E-state index is 0.0312. The highest BCUT2D eigenvalue weighted by molar-refractivity contribution is 5.64. The van der Waals surface area contributed by atoms with Crippen molar-refractivity contribution in [1.82, 2.24) is 0 Å². The number of hydrogen-bond acceptors (Lipinski definition) is 3. The molecule has 0 aliphatic rings. The van der Waals surface area contributed by atoms with Crippen LogP contribution in [0.4, 0.5) is 0 Å². The molecule has 0 aromatic heterocycles. The van der Waals surface area contributed by atoms with Gasteiger partial charge in [0, 0.05) is 19.5 Å². The van der Waals surface area contributed by atoms with Crippen LogP contribution in [-0.2, 0) is 9.53 Å². The van der Waals surface area contributed by atoms with Gasteiger partial charge in [0.05, 0.1) is 6.10 Å². The number of aliphatic carboxylic acids is 1. The highest BCUT2D eigenvalue weighted by atomic mass is 16.5. The van der Waals surface area contributed by atoms with E-state index in [4.69, 9.17) is 0 Å². The molecule has 0 radical (unpaired) electrons. The minimum atomic E-state index is -1.07. The molecule has 1 atom stereocenters. The Morgan fingerprint density at radius 2 is 2.38 bits per heavy atom. The van der Waals surface area contributed by atoms with Gasteiger partial charge in [-0.3, -0.25) is 0 Å². The highest BCUT2D eigenvalue weighted by Gasteiger charge is 1.96. The summed E-state index contributed by atoms with van der Waals surface area (Å²) in [4.78, 5) is 9.78. The van der Waals surface area contributed by atoms with Gasteiger partial charge in [-0.15, -0.1) is 0 Å². The molecule has 1 unspecified atom stereocenters. The molecule has 0 heterocycles. The standard InChI is InChI=1S/C5H10O3/c1-4(8-2)3-5(6)7/h4H,3H2,1-2H3,(H,6,7)/p-1. The second-order valence-electron chi connectivity index (χ2n) is 1.62. The van der Waals surface area contributed by atoms with Crippen LogP contribution >= 0.6 is 0 Å². The lowest BCUT2D eigenvalue weighted by Crippen LogP contribution is -2.26. The Labute approximate surface area is 48.3 Å². The van der Waals surface area contributed by atoms with Crippen LogP contribution in [0.2, 0.25) is 0 Å². The first kappa shape index (κ1) is 7.43. The highest BCUT2D eigenvalue weighted by Crippen LogP contribution is 1.91. The number of ether oxygens (including phenoxy) is 1. The molecule has 0 aliphatic carbocycles. The van der Waals surface area contributed by atoms with Gasteiger partial charge < -0.3 is 14.6 Å². The second kappa shape index (κ2) is 3.43. The van der Waals surface area contributed by atoms with Gasteiger partial charge in [-0.2, -0.15) is 0 Å². The lowest BCUT2D eigenvalue weighted by Gasteiger charge is -2.08. The van der Waals surface area contributed by atoms with Crippen molar-refractivity contribution in [3.05, 3.63) is 0 Å². The molecule has 8 heavy (non-hydrogen) atoms. The van der Waals surface area contributed by atoms with Crippen LogP contribution in [0.25, 0.3) is 0 Å². The van der Waals surface area contributed by atoms with Crippen LogP contribution in [0.15, 0.2) is 0 Å². The van der Waals surface area contributed by atoms with E-state index in [2.05, 4.69) is 4.74 Å². The Hall–Kier alpha value is -0.570. The summed E-state index contributed by atoms with van der Waals surface area (Å²) in [6, 6.07) is 0. The number of carbonyl (C=O) groups excluding carboxylic acids is 1. The first-order valence-corrected chi connectivity index (χ1v) is 2.39. The quantitative estimate of drug-likeness (QED) is 0.484. The van der Waals surface area contributed by atoms with Crippen molar-refractivity contribution in [2.24, 2.45) is 0 Å². The molecule has 3 nitrogen and oxygen atoms in total. The monoisotopic (exact) mass is 117 g/mol. The van der Waals surface area contributed by atoms with Gasteiger partial charge in [-0.05, 0) is 6.92 Å². The zero-order valence-electron chi connectivity index (χ0n) is 5.01. The zero-order chi connectivity index (χ0) is 6.57. The fraction of sp³-hybridized carbons (Fsp3) is 0.800. The molecule has 0 rings (SSSR count). The van der Waals surface area contributed by atoms with Crippen molar-refractivity contribution in [3.8, 4) is 0 Å². The predicted molar refractivity (Wildman–Crippen MR) is 26.1 cm³/mol. The summed E-state index contributed by atoms with van der Waals surface area (Å²) >= 11 is 0. The smallest absolute Gasteiger partial charge is 0.0595 e. The zero-order valence-corrected chi connectivity index (χ0v) is 5.01. The average Bonchev–Trinajstić information content (AvgIpc) is 1.65. The Balaban J connectivity index is 3.24. The van der Waals surface area contributed by atoms with Gasteiger partial charge in [0.25, 0.3) is 0 Å². The van der Waals surface area contributed by atoms with E-state index in [1.807, 2.05) is 0 Å². The van der Waals surface area contributed by atoms with Gasteiger partial charge in [0.1, 0.15) is 0 Å². The van der Waals surface area contributed by atoms with Crippen LogP contribution in [-0.4, -0.2) is 19.2 Å².